The Morgan fingerprint density at radius 1 is 0.871 bits per heavy atom. The summed E-state index contributed by atoms with van der Waals surface area (Å²) in [7, 11) is -3.78. The standard InChI is InChI=1S/C22H20FN3O4S/c23-17-6-8-18(9-7-17)31(29,30)26-14-12-25(13-15-26)22(28)19-10-11-20(24-21(19)27)16-4-2-1-3-5-16/h1-11H,12-15H2,(H,24,27). The first-order valence-corrected chi connectivity index (χ1v) is 11.1. The number of piperazine rings is 1. The Labute approximate surface area is 178 Å². The van der Waals surface area contributed by atoms with Crippen LogP contribution in [0, 0.1) is 5.82 Å². The molecule has 1 N–H and O–H groups in total. The summed E-state index contributed by atoms with van der Waals surface area (Å²) in [6.45, 7) is 0.481. The lowest BCUT2D eigenvalue weighted by Gasteiger charge is -2.33. The maximum Gasteiger partial charge on any atom is 0.261 e. The number of carbonyl (C=O) groups excluding carboxylic acids is 1. The van der Waals surface area contributed by atoms with Gasteiger partial charge in [0.1, 0.15) is 11.4 Å². The fourth-order valence-electron chi connectivity index (χ4n) is 3.49. The van der Waals surface area contributed by atoms with Crippen LogP contribution in [0.1, 0.15) is 10.4 Å². The minimum absolute atomic E-state index is 0.00150. The quantitative estimate of drug-likeness (QED) is 0.673. The number of nitrogens with one attached hydrogen (secondary N) is 1. The van der Waals surface area contributed by atoms with Crippen molar-refractivity contribution >= 4 is 15.9 Å². The highest BCUT2D eigenvalue weighted by molar-refractivity contribution is 7.89. The predicted molar refractivity (Wildman–Crippen MR) is 114 cm³/mol. The van der Waals surface area contributed by atoms with Gasteiger partial charge < -0.3 is 9.88 Å². The van der Waals surface area contributed by atoms with E-state index in [2.05, 4.69) is 4.98 Å². The van der Waals surface area contributed by atoms with Crippen LogP contribution in [-0.4, -0.2) is 54.7 Å². The fourth-order valence-corrected chi connectivity index (χ4v) is 4.91. The summed E-state index contributed by atoms with van der Waals surface area (Å²) in [6, 6.07) is 17.1. The first kappa shape index (κ1) is 21.0. The number of nitrogens with zero attached hydrogens (tertiary/aromatic N) is 2. The average molecular weight is 441 g/mol. The van der Waals surface area contributed by atoms with Crippen molar-refractivity contribution in [3.8, 4) is 11.3 Å². The second kappa shape index (κ2) is 8.44. The molecule has 9 heteroatoms. The van der Waals surface area contributed by atoms with Gasteiger partial charge in [-0.3, -0.25) is 9.59 Å². The molecular weight excluding hydrogens is 421 g/mol. The number of aromatic nitrogens is 1. The molecule has 1 amide bonds. The minimum Gasteiger partial charge on any atom is -0.336 e. The topological polar surface area (TPSA) is 90.6 Å². The zero-order valence-corrected chi connectivity index (χ0v) is 17.3. The lowest BCUT2D eigenvalue weighted by Crippen LogP contribution is -2.51. The fraction of sp³-hybridized carbons (Fsp3) is 0.182. The van der Waals surface area contributed by atoms with E-state index in [1.54, 1.807) is 6.07 Å². The number of H-pyrrole nitrogens is 1. The molecule has 1 fully saturated rings. The van der Waals surface area contributed by atoms with E-state index in [0.717, 1.165) is 17.7 Å². The molecule has 0 spiro atoms. The van der Waals surface area contributed by atoms with Crippen molar-refractivity contribution in [2.24, 2.45) is 0 Å². The van der Waals surface area contributed by atoms with Gasteiger partial charge in [-0.05, 0) is 42.0 Å². The summed E-state index contributed by atoms with van der Waals surface area (Å²) in [5.74, 6) is -0.961. The molecule has 2 aromatic carbocycles. The summed E-state index contributed by atoms with van der Waals surface area (Å²) in [4.78, 5) is 29.5. The van der Waals surface area contributed by atoms with Crippen LogP contribution in [0.4, 0.5) is 4.39 Å². The van der Waals surface area contributed by atoms with Gasteiger partial charge in [-0.1, -0.05) is 30.3 Å². The zero-order chi connectivity index (χ0) is 22.0. The molecule has 0 unspecified atom stereocenters. The number of hydrogen-bond acceptors (Lipinski definition) is 4. The van der Waals surface area contributed by atoms with Crippen molar-refractivity contribution in [1.82, 2.24) is 14.2 Å². The Morgan fingerprint density at radius 2 is 1.52 bits per heavy atom. The molecule has 1 aliphatic rings. The van der Waals surface area contributed by atoms with Crippen LogP contribution in [0.5, 0.6) is 0 Å². The van der Waals surface area contributed by atoms with Crippen molar-refractivity contribution in [3.63, 3.8) is 0 Å². The molecule has 31 heavy (non-hydrogen) atoms. The van der Waals surface area contributed by atoms with E-state index in [1.165, 1.54) is 27.4 Å². The van der Waals surface area contributed by atoms with Crippen molar-refractivity contribution in [2.45, 2.75) is 4.90 Å². The number of aromatic amines is 1. The zero-order valence-electron chi connectivity index (χ0n) is 16.5. The molecule has 1 saturated heterocycles. The van der Waals surface area contributed by atoms with Crippen LogP contribution >= 0.6 is 0 Å². The highest BCUT2D eigenvalue weighted by Gasteiger charge is 2.31. The SMILES string of the molecule is O=C(c1ccc(-c2ccccc2)[nH]c1=O)N1CCN(S(=O)(=O)c2ccc(F)cc2)CC1. The summed E-state index contributed by atoms with van der Waals surface area (Å²) in [5.41, 5.74) is 0.956. The Kier molecular flexibility index (Phi) is 5.71. The second-order valence-corrected chi connectivity index (χ2v) is 9.07. The largest absolute Gasteiger partial charge is 0.336 e. The molecule has 160 valence electrons. The Hall–Kier alpha value is -3.30. The second-order valence-electron chi connectivity index (χ2n) is 7.13. The van der Waals surface area contributed by atoms with E-state index in [9.17, 15) is 22.4 Å². The highest BCUT2D eigenvalue weighted by Crippen LogP contribution is 2.19. The average Bonchev–Trinajstić information content (AvgIpc) is 2.79. The lowest BCUT2D eigenvalue weighted by atomic mass is 10.1. The van der Waals surface area contributed by atoms with E-state index in [1.807, 2.05) is 30.3 Å². The van der Waals surface area contributed by atoms with Gasteiger partial charge in [-0.2, -0.15) is 4.31 Å². The van der Waals surface area contributed by atoms with Gasteiger partial charge in [0.25, 0.3) is 11.5 Å². The summed E-state index contributed by atoms with van der Waals surface area (Å²) in [5, 5.41) is 0. The molecular formula is C22H20FN3O4S. The lowest BCUT2D eigenvalue weighted by molar-refractivity contribution is 0.0696. The van der Waals surface area contributed by atoms with Gasteiger partial charge in [0.2, 0.25) is 10.0 Å². The van der Waals surface area contributed by atoms with Crippen LogP contribution in [0.2, 0.25) is 0 Å². The number of hydrogen-bond donors (Lipinski definition) is 1. The number of pyridine rings is 1. The van der Waals surface area contributed by atoms with Crippen LogP contribution < -0.4 is 5.56 Å². The first-order chi connectivity index (χ1) is 14.9. The van der Waals surface area contributed by atoms with Crippen molar-refractivity contribution in [2.75, 3.05) is 26.2 Å². The van der Waals surface area contributed by atoms with E-state index in [-0.39, 0.29) is 36.6 Å². The molecule has 7 nitrogen and oxygen atoms in total. The van der Waals surface area contributed by atoms with Gasteiger partial charge in [-0.15, -0.1) is 0 Å². The number of sulfonamides is 1. The van der Waals surface area contributed by atoms with Crippen LogP contribution in [0.3, 0.4) is 0 Å². The summed E-state index contributed by atoms with van der Waals surface area (Å²) >= 11 is 0. The van der Waals surface area contributed by atoms with Crippen LogP contribution in [0.25, 0.3) is 11.3 Å². The van der Waals surface area contributed by atoms with Gasteiger partial charge in [0.05, 0.1) is 4.90 Å². The maximum absolute atomic E-state index is 13.1. The van der Waals surface area contributed by atoms with Gasteiger partial charge in [0, 0.05) is 31.9 Å². The predicted octanol–water partition coefficient (Wildman–Crippen LogP) is 2.33. The van der Waals surface area contributed by atoms with E-state index >= 15 is 0 Å². The third-order valence-corrected chi connectivity index (χ3v) is 7.11. The molecule has 0 saturated carbocycles. The van der Waals surface area contributed by atoms with E-state index < -0.39 is 27.3 Å². The third-order valence-electron chi connectivity index (χ3n) is 5.20. The third kappa shape index (κ3) is 4.28. The molecule has 0 atom stereocenters. The molecule has 0 aliphatic carbocycles. The van der Waals surface area contributed by atoms with Crippen molar-refractivity contribution < 1.29 is 17.6 Å². The molecule has 4 rings (SSSR count). The minimum atomic E-state index is -3.78. The normalized spacial score (nSPS) is 15.1. The number of amides is 1. The Morgan fingerprint density at radius 3 is 2.13 bits per heavy atom. The number of rotatable bonds is 4. The highest BCUT2D eigenvalue weighted by atomic mass is 32.2. The summed E-state index contributed by atoms with van der Waals surface area (Å²) < 4.78 is 39.8. The van der Waals surface area contributed by atoms with Crippen molar-refractivity contribution in [3.05, 3.63) is 88.5 Å². The maximum atomic E-state index is 13.1. The molecule has 1 aliphatic heterocycles. The first-order valence-electron chi connectivity index (χ1n) is 9.70. The van der Waals surface area contributed by atoms with Crippen LogP contribution in [0.15, 0.2) is 76.4 Å². The number of carbonyl (C=O) groups is 1. The smallest absolute Gasteiger partial charge is 0.261 e. The monoisotopic (exact) mass is 441 g/mol. The van der Waals surface area contributed by atoms with Gasteiger partial charge in [-0.25, -0.2) is 12.8 Å². The molecule has 2 heterocycles. The van der Waals surface area contributed by atoms with Gasteiger partial charge >= 0.3 is 0 Å². The molecule has 3 aromatic rings. The Balaban J connectivity index is 1.46. The molecule has 0 bridgehead atoms. The van der Waals surface area contributed by atoms with Crippen LogP contribution in [-0.2, 0) is 10.0 Å². The van der Waals surface area contributed by atoms with E-state index in [4.69, 9.17) is 0 Å². The molecule has 1 aromatic heterocycles. The number of halogens is 1. The van der Waals surface area contributed by atoms with Crippen molar-refractivity contribution in [1.29, 1.82) is 0 Å². The summed E-state index contributed by atoms with van der Waals surface area (Å²) in [6.07, 6.45) is 0. The number of benzene rings is 2. The molecule has 0 radical (unpaired) electrons. The van der Waals surface area contributed by atoms with Gasteiger partial charge in [0.15, 0.2) is 0 Å². The Bertz CT molecular complexity index is 1250. The van der Waals surface area contributed by atoms with E-state index in [0.29, 0.717) is 5.69 Å².